The number of sulfonamides is 1. The largest absolute Gasteiger partial charge is 0.495 e. The van der Waals surface area contributed by atoms with Crippen LogP contribution in [0.1, 0.15) is 25.7 Å². The smallest absolute Gasteiger partial charge is 0.247 e. The van der Waals surface area contributed by atoms with Crippen LogP contribution in [0.3, 0.4) is 0 Å². The third-order valence-corrected chi connectivity index (χ3v) is 5.96. The van der Waals surface area contributed by atoms with E-state index in [1.807, 2.05) is 0 Å². The van der Waals surface area contributed by atoms with E-state index < -0.39 is 15.8 Å². The van der Waals surface area contributed by atoms with Crippen LogP contribution < -0.4 is 4.74 Å². The van der Waals surface area contributed by atoms with Gasteiger partial charge >= 0.3 is 0 Å². The zero-order valence-corrected chi connectivity index (χ0v) is 14.8. The summed E-state index contributed by atoms with van der Waals surface area (Å²) in [6.45, 7) is 1.02. The second-order valence-electron chi connectivity index (χ2n) is 5.85. The highest BCUT2D eigenvalue weighted by Gasteiger charge is 2.28. The molecule has 0 atom stereocenters. The third kappa shape index (κ3) is 4.24. The number of rotatable bonds is 5. The Morgan fingerprint density at radius 1 is 1.25 bits per heavy atom. The molecule has 6 nitrogen and oxygen atoms in total. The van der Waals surface area contributed by atoms with E-state index >= 15 is 0 Å². The van der Waals surface area contributed by atoms with Crippen LogP contribution >= 0.6 is 0 Å². The van der Waals surface area contributed by atoms with Crippen molar-refractivity contribution in [3.63, 3.8) is 0 Å². The lowest BCUT2D eigenvalue weighted by Crippen LogP contribution is -2.41. The molecule has 0 unspecified atom stereocenters. The number of benzene rings is 1. The molecule has 1 heterocycles. The maximum absolute atomic E-state index is 13.5. The van der Waals surface area contributed by atoms with E-state index in [1.54, 1.807) is 4.90 Å². The first-order chi connectivity index (χ1) is 11.4. The molecular weight excluding hydrogens is 335 g/mol. The number of amides is 1. The Labute approximate surface area is 142 Å². The lowest BCUT2D eigenvalue weighted by Gasteiger charge is -2.24. The van der Waals surface area contributed by atoms with Crippen LogP contribution in [-0.4, -0.2) is 57.3 Å². The van der Waals surface area contributed by atoms with E-state index in [2.05, 4.69) is 0 Å². The highest BCUT2D eigenvalue weighted by Crippen LogP contribution is 2.27. The highest BCUT2D eigenvalue weighted by atomic mass is 32.2. The summed E-state index contributed by atoms with van der Waals surface area (Å²) in [7, 11) is -1.40. The first kappa shape index (κ1) is 18.7. The second-order valence-corrected chi connectivity index (χ2v) is 7.86. The van der Waals surface area contributed by atoms with Gasteiger partial charge in [-0.05, 0) is 31.0 Å². The van der Waals surface area contributed by atoms with Gasteiger partial charge < -0.3 is 9.64 Å². The quantitative estimate of drug-likeness (QED) is 0.806. The zero-order chi connectivity index (χ0) is 17.7. The van der Waals surface area contributed by atoms with Crippen molar-refractivity contribution in [1.82, 2.24) is 9.21 Å². The van der Waals surface area contributed by atoms with Crippen LogP contribution in [0.25, 0.3) is 0 Å². The average molecular weight is 358 g/mol. The molecule has 1 fully saturated rings. The van der Waals surface area contributed by atoms with Gasteiger partial charge in [-0.15, -0.1) is 0 Å². The topological polar surface area (TPSA) is 66.9 Å². The molecule has 0 bridgehead atoms. The van der Waals surface area contributed by atoms with Crippen molar-refractivity contribution < 1.29 is 22.3 Å². The summed E-state index contributed by atoms with van der Waals surface area (Å²) in [6.07, 6.45) is 4.02. The number of methoxy groups -OCH3 is 1. The van der Waals surface area contributed by atoms with Gasteiger partial charge in [0.15, 0.2) is 0 Å². The summed E-state index contributed by atoms with van der Waals surface area (Å²) in [6, 6.07) is 3.29. The van der Waals surface area contributed by atoms with Crippen LogP contribution in [-0.2, 0) is 14.8 Å². The second kappa shape index (κ2) is 7.94. The van der Waals surface area contributed by atoms with E-state index in [4.69, 9.17) is 4.74 Å². The standard InChI is InChI=1S/C16H23FN2O4S/c1-18(12-16(20)19-9-5-3-4-6-10-19)24(21,22)15-11-13(17)7-8-14(15)23-2/h7-8,11H,3-6,9-10,12H2,1-2H3. The normalized spacial score (nSPS) is 16.1. The van der Waals surface area contributed by atoms with Gasteiger partial charge in [-0.25, -0.2) is 12.8 Å². The van der Waals surface area contributed by atoms with Gasteiger partial charge in [-0.2, -0.15) is 4.31 Å². The van der Waals surface area contributed by atoms with Gasteiger partial charge in [-0.3, -0.25) is 4.79 Å². The molecule has 2 rings (SSSR count). The first-order valence-electron chi connectivity index (χ1n) is 7.94. The molecule has 0 N–H and O–H groups in total. The first-order valence-corrected chi connectivity index (χ1v) is 9.38. The van der Waals surface area contributed by atoms with E-state index in [-0.39, 0.29) is 23.1 Å². The monoisotopic (exact) mass is 358 g/mol. The average Bonchev–Trinajstić information content (AvgIpc) is 2.84. The van der Waals surface area contributed by atoms with Gasteiger partial charge in [0.05, 0.1) is 13.7 Å². The van der Waals surface area contributed by atoms with Gasteiger partial charge in [-0.1, -0.05) is 12.8 Å². The Morgan fingerprint density at radius 2 is 1.88 bits per heavy atom. The number of nitrogens with zero attached hydrogens (tertiary/aromatic N) is 2. The predicted octanol–water partition coefficient (Wildman–Crippen LogP) is 1.86. The van der Waals surface area contributed by atoms with Crippen molar-refractivity contribution in [2.45, 2.75) is 30.6 Å². The van der Waals surface area contributed by atoms with Crippen molar-refractivity contribution in [2.24, 2.45) is 0 Å². The van der Waals surface area contributed by atoms with Crippen molar-refractivity contribution >= 4 is 15.9 Å². The molecule has 0 radical (unpaired) electrons. The maximum Gasteiger partial charge on any atom is 0.247 e. The minimum absolute atomic E-state index is 0.0467. The van der Waals surface area contributed by atoms with Gasteiger partial charge in [0.1, 0.15) is 16.5 Å². The van der Waals surface area contributed by atoms with Crippen LogP contribution in [0.15, 0.2) is 23.1 Å². The molecule has 1 aliphatic rings. The number of likely N-dealkylation sites (tertiary alicyclic amines) is 1. The predicted molar refractivity (Wildman–Crippen MR) is 87.8 cm³/mol. The Hall–Kier alpha value is -1.67. The Morgan fingerprint density at radius 3 is 2.46 bits per heavy atom. The van der Waals surface area contributed by atoms with Gasteiger partial charge in [0.2, 0.25) is 15.9 Å². The number of carbonyl (C=O) groups excluding carboxylic acids is 1. The molecule has 8 heteroatoms. The number of ether oxygens (including phenoxy) is 1. The number of hydrogen-bond donors (Lipinski definition) is 0. The van der Waals surface area contributed by atoms with E-state index in [9.17, 15) is 17.6 Å². The molecule has 1 amide bonds. The van der Waals surface area contributed by atoms with Crippen molar-refractivity contribution in [3.8, 4) is 5.75 Å². The SMILES string of the molecule is COc1ccc(F)cc1S(=O)(=O)N(C)CC(=O)N1CCCCCC1. The van der Waals surface area contributed by atoms with Gasteiger partial charge in [0.25, 0.3) is 0 Å². The van der Waals surface area contributed by atoms with Gasteiger partial charge in [0, 0.05) is 20.1 Å². The molecule has 1 aromatic carbocycles. The maximum atomic E-state index is 13.5. The molecule has 1 aliphatic heterocycles. The molecule has 24 heavy (non-hydrogen) atoms. The van der Waals surface area contributed by atoms with Crippen LogP contribution in [0.5, 0.6) is 5.75 Å². The molecule has 0 spiro atoms. The summed E-state index contributed by atoms with van der Waals surface area (Å²) in [5.41, 5.74) is 0. The third-order valence-electron chi connectivity index (χ3n) is 4.13. The minimum Gasteiger partial charge on any atom is -0.495 e. The number of hydrogen-bond acceptors (Lipinski definition) is 4. The summed E-state index contributed by atoms with van der Waals surface area (Å²) >= 11 is 0. The molecule has 1 aromatic rings. The van der Waals surface area contributed by atoms with Crippen LogP contribution in [0, 0.1) is 5.82 Å². The summed E-state index contributed by atoms with van der Waals surface area (Å²) in [4.78, 5) is 13.8. The molecule has 0 aliphatic carbocycles. The summed E-state index contributed by atoms with van der Waals surface area (Å²) < 4.78 is 44.7. The molecule has 0 saturated carbocycles. The van der Waals surface area contributed by atoms with Crippen LogP contribution in [0.2, 0.25) is 0 Å². The van der Waals surface area contributed by atoms with Crippen LogP contribution in [0.4, 0.5) is 4.39 Å². The fraction of sp³-hybridized carbons (Fsp3) is 0.562. The summed E-state index contributed by atoms with van der Waals surface area (Å²) in [5.74, 6) is -0.870. The van der Waals surface area contributed by atoms with E-state index in [0.717, 1.165) is 42.1 Å². The Balaban J connectivity index is 2.17. The number of halogens is 1. The number of carbonyl (C=O) groups is 1. The molecule has 1 saturated heterocycles. The van der Waals surface area contributed by atoms with Crippen molar-refractivity contribution in [2.75, 3.05) is 33.8 Å². The fourth-order valence-corrected chi connectivity index (χ4v) is 4.00. The van der Waals surface area contributed by atoms with Crippen molar-refractivity contribution in [1.29, 1.82) is 0 Å². The minimum atomic E-state index is -4.03. The lowest BCUT2D eigenvalue weighted by atomic mass is 10.2. The zero-order valence-electron chi connectivity index (χ0n) is 14.0. The fourth-order valence-electron chi connectivity index (χ4n) is 2.72. The Kier molecular flexibility index (Phi) is 6.17. The van der Waals surface area contributed by atoms with E-state index in [0.29, 0.717) is 13.1 Å². The molecule has 134 valence electrons. The molecular formula is C16H23FN2O4S. The number of likely N-dealkylation sites (N-methyl/N-ethyl adjacent to an activating group) is 1. The molecule has 0 aromatic heterocycles. The summed E-state index contributed by atoms with van der Waals surface area (Å²) in [5, 5.41) is 0. The lowest BCUT2D eigenvalue weighted by molar-refractivity contribution is -0.131. The van der Waals surface area contributed by atoms with E-state index in [1.165, 1.54) is 20.2 Å². The highest BCUT2D eigenvalue weighted by molar-refractivity contribution is 7.89. The Bertz CT molecular complexity index is 685. The van der Waals surface area contributed by atoms with Crippen molar-refractivity contribution in [3.05, 3.63) is 24.0 Å².